The van der Waals surface area contributed by atoms with Gasteiger partial charge in [0, 0.05) is 13.2 Å². The molecule has 0 amide bonds. The molecule has 1 unspecified atom stereocenters. The van der Waals surface area contributed by atoms with Gasteiger partial charge >= 0.3 is 0 Å². The fourth-order valence-electron chi connectivity index (χ4n) is 2.16. The Kier molecular flexibility index (Phi) is 5.50. The third-order valence-corrected chi connectivity index (χ3v) is 3.58. The van der Waals surface area contributed by atoms with Crippen molar-refractivity contribution in [2.24, 2.45) is 5.73 Å². The van der Waals surface area contributed by atoms with Crippen LogP contribution in [0.2, 0.25) is 0 Å². The smallest absolute Gasteiger partial charge is 0.0623 e. The summed E-state index contributed by atoms with van der Waals surface area (Å²) in [7, 11) is 1.77. The lowest BCUT2D eigenvalue weighted by Crippen LogP contribution is -2.28. The van der Waals surface area contributed by atoms with Crippen LogP contribution in [0.1, 0.15) is 58.8 Å². The van der Waals surface area contributed by atoms with Crippen LogP contribution in [0.25, 0.3) is 0 Å². The standard InChI is InChI=1S/C14H27NO/c1-14(2,16-3)10-9-13(15)11-12-7-5-4-6-8-12/h7,13H,4-6,8-11,15H2,1-3H3. The molecule has 0 aromatic rings. The molecule has 0 spiro atoms. The van der Waals surface area contributed by atoms with E-state index < -0.39 is 0 Å². The molecule has 1 rings (SSSR count). The van der Waals surface area contributed by atoms with E-state index in [0.717, 1.165) is 19.3 Å². The van der Waals surface area contributed by atoms with Gasteiger partial charge in [-0.3, -0.25) is 0 Å². The van der Waals surface area contributed by atoms with Crippen LogP contribution in [0.5, 0.6) is 0 Å². The summed E-state index contributed by atoms with van der Waals surface area (Å²) < 4.78 is 5.41. The van der Waals surface area contributed by atoms with Gasteiger partial charge in [-0.25, -0.2) is 0 Å². The molecule has 94 valence electrons. The molecule has 2 heteroatoms. The van der Waals surface area contributed by atoms with Crippen LogP contribution in [-0.4, -0.2) is 18.8 Å². The van der Waals surface area contributed by atoms with Crippen LogP contribution in [-0.2, 0) is 4.74 Å². The third-order valence-electron chi connectivity index (χ3n) is 3.58. The molecule has 0 aromatic carbocycles. The van der Waals surface area contributed by atoms with Crippen molar-refractivity contribution in [2.45, 2.75) is 70.4 Å². The summed E-state index contributed by atoms with van der Waals surface area (Å²) in [4.78, 5) is 0. The molecule has 0 saturated carbocycles. The predicted octanol–water partition coefficient (Wildman–Crippen LogP) is 3.41. The largest absolute Gasteiger partial charge is 0.379 e. The Morgan fingerprint density at radius 3 is 2.75 bits per heavy atom. The second kappa shape index (κ2) is 6.41. The fraction of sp³-hybridized carbons (Fsp3) is 0.857. The first kappa shape index (κ1) is 13.7. The third kappa shape index (κ3) is 5.13. The SMILES string of the molecule is COC(C)(C)CCC(N)CC1=CCCCC1. The zero-order valence-electron chi connectivity index (χ0n) is 11.1. The Hall–Kier alpha value is -0.340. The summed E-state index contributed by atoms with van der Waals surface area (Å²) >= 11 is 0. The van der Waals surface area contributed by atoms with Gasteiger partial charge in [-0.15, -0.1) is 0 Å². The van der Waals surface area contributed by atoms with Crippen LogP contribution >= 0.6 is 0 Å². The van der Waals surface area contributed by atoms with Gasteiger partial charge in [-0.2, -0.15) is 0 Å². The molecule has 0 fully saturated rings. The van der Waals surface area contributed by atoms with Crippen molar-refractivity contribution in [1.82, 2.24) is 0 Å². The molecule has 0 aromatic heterocycles. The lowest BCUT2D eigenvalue weighted by Gasteiger charge is -2.25. The molecule has 1 aliphatic carbocycles. The number of hydrogen-bond donors (Lipinski definition) is 1. The Morgan fingerprint density at radius 1 is 1.44 bits per heavy atom. The van der Waals surface area contributed by atoms with E-state index in [-0.39, 0.29) is 5.60 Å². The molecule has 0 heterocycles. The molecule has 2 N–H and O–H groups in total. The Labute approximate surface area is 100 Å². The maximum absolute atomic E-state index is 6.17. The quantitative estimate of drug-likeness (QED) is 0.703. The molecule has 16 heavy (non-hydrogen) atoms. The fourth-order valence-corrected chi connectivity index (χ4v) is 2.16. The maximum atomic E-state index is 6.17. The molecule has 0 saturated heterocycles. The van der Waals surface area contributed by atoms with Crippen LogP contribution in [0.3, 0.4) is 0 Å². The van der Waals surface area contributed by atoms with Gasteiger partial charge in [0.1, 0.15) is 0 Å². The van der Waals surface area contributed by atoms with Crippen molar-refractivity contribution in [3.63, 3.8) is 0 Å². The summed E-state index contributed by atoms with van der Waals surface area (Å²) in [5, 5.41) is 0. The van der Waals surface area contributed by atoms with Gasteiger partial charge in [0.2, 0.25) is 0 Å². The van der Waals surface area contributed by atoms with E-state index in [1.54, 1.807) is 12.7 Å². The number of rotatable bonds is 6. The van der Waals surface area contributed by atoms with Gasteiger partial charge in [0.25, 0.3) is 0 Å². The van der Waals surface area contributed by atoms with E-state index in [4.69, 9.17) is 10.5 Å². The van der Waals surface area contributed by atoms with E-state index in [2.05, 4.69) is 19.9 Å². The van der Waals surface area contributed by atoms with Gasteiger partial charge in [0.05, 0.1) is 5.60 Å². The lowest BCUT2D eigenvalue weighted by molar-refractivity contribution is 0.0125. The number of hydrogen-bond acceptors (Lipinski definition) is 2. The highest BCUT2D eigenvalue weighted by Crippen LogP contribution is 2.23. The molecule has 0 bridgehead atoms. The molecule has 1 atom stereocenters. The summed E-state index contributed by atoms with van der Waals surface area (Å²) in [6.45, 7) is 4.25. The lowest BCUT2D eigenvalue weighted by atomic mass is 9.91. The Morgan fingerprint density at radius 2 is 2.19 bits per heavy atom. The van der Waals surface area contributed by atoms with Crippen LogP contribution in [0.15, 0.2) is 11.6 Å². The van der Waals surface area contributed by atoms with Crippen molar-refractivity contribution in [2.75, 3.05) is 7.11 Å². The first-order chi connectivity index (χ1) is 7.53. The van der Waals surface area contributed by atoms with E-state index in [9.17, 15) is 0 Å². The Balaban J connectivity index is 2.25. The minimum Gasteiger partial charge on any atom is -0.379 e. The first-order valence-electron chi connectivity index (χ1n) is 6.52. The molecule has 0 radical (unpaired) electrons. The van der Waals surface area contributed by atoms with Crippen molar-refractivity contribution < 1.29 is 4.74 Å². The van der Waals surface area contributed by atoms with Gasteiger partial charge in [-0.1, -0.05) is 11.6 Å². The number of nitrogens with two attached hydrogens (primary N) is 1. The summed E-state index contributed by atoms with van der Waals surface area (Å²) in [6.07, 6.45) is 10.8. The first-order valence-corrected chi connectivity index (χ1v) is 6.52. The minimum atomic E-state index is -0.0292. The van der Waals surface area contributed by atoms with Crippen molar-refractivity contribution in [1.29, 1.82) is 0 Å². The highest BCUT2D eigenvalue weighted by Gasteiger charge is 2.18. The molecule has 1 aliphatic rings. The zero-order chi connectivity index (χ0) is 12.0. The highest BCUT2D eigenvalue weighted by molar-refractivity contribution is 5.06. The molecular weight excluding hydrogens is 198 g/mol. The van der Waals surface area contributed by atoms with Crippen molar-refractivity contribution >= 4 is 0 Å². The van der Waals surface area contributed by atoms with Crippen LogP contribution in [0, 0.1) is 0 Å². The van der Waals surface area contributed by atoms with Crippen molar-refractivity contribution in [3.05, 3.63) is 11.6 Å². The monoisotopic (exact) mass is 225 g/mol. The average Bonchev–Trinajstić information content (AvgIpc) is 2.28. The number of methoxy groups -OCH3 is 1. The molecule has 0 aliphatic heterocycles. The summed E-state index contributed by atoms with van der Waals surface area (Å²) in [5.41, 5.74) is 7.72. The van der Waals surface area contributed by atoms with E-state index in [0.29, 0.717) is 6.04 Å². The molecule has 2 nitrogen and oxygen atoms in total. The normalized spacial score (nSPS) is 19.4. The minimum absolute atomic E-state index is 0.0292. The summed E-state index contributed by atoms with van der Waals surface area (Å²) in [5.74, 6) is 0. The summed E-state index contributed by atoms with van der Waals surface area (Å²) in [6, 6.07) is 0.304. The van der Waals surface area contributed by atoms with E-state index in [1.165, 1.54) is 25.7 Å². The maximum Gasteiger partial charge on any atom is 0.0623 e. The van der Waals surface area contributed by atoms with E-state index >= 15 is 0 Å². The van der Waals surface area contributed by atoms with Gasteiger partial charge in [-0.05, 0) is 58.8 Å². The zero-order valence-corrected chi connectivity index (χ0v) is 11.1. The average molecular weight is 225 g/mol. The molecular formula is C14H27NO. The predicted molar refractivity (Wildman–Crippen MR) is 69.5 cm³/mol. The van der Waals surface area contributed by atoms with Gasteiger partial charge in [0.15, 0.2) is 0 Å². The van der Waals surface area contributed by atoms with E-state index in [1.807, 2.05) is 0 Å². The number of ether oxygens (including phenoxy) is 1. The second-order valence-electron chi connectivity index (χ2n) is 5.57. The number of allylic oxidation sites excluding steroid dienone is 1. The van der Waals surface area contributed by atoms with Crippen molar-refractivity contribution in [3.8, 4) is 0 Å². The second-order valence-corrected chi connectivity index (χ2v) is 5.57. The van der Waals surface area contributed by atoms with Crippen LogP contribution < -0.4 is 5.73 Å². The van der Waals surface area contributed by atoms with Gasteiger partial charge < -0.3 is 10.5 Å². The Bertz CT molecular complexity index is 233. The topological polar surface area (TPSA) is 35.2 Å². The van der Waals surface area contributed by atoms with Crippen LogP contribution in [0.4, 0.5) is 0 Å². The highest BCUT2D eigenvalue weighted by atomic mass is 16.5.